The van der Waals surface area contributed by atoms with Gasteiger partial charge < -0.3 is 5.73 Å². The van der Waals surface area contributed by atoms with Crippen LogP contribution >= 0.6 is 0 Å². The van der Waals surface area contributed by atoms with Gasteiger partial charge in [0.2, 0.25) is 0 Å². The molecule has 0 aliphatic rings. The molecule has 0 saturated heterocycles. The van der Waals surface area contributed by atoms with E-state index in [4.69, 9.17) is 5.73 Å². The zero-order valence-electron chi connectivity index (χ0n) is 13.7. The van der Waals surface area contributed by atoms with Crippen molar-refractivity contribution >= 4 is 22.8 Å². The maximum Gasteiger partial charge on any atom is 0.158 e. The van der Waals surface area contributed by atoms with Crippen molar-refractivity contribution in [1.82, 2.24) is 14.6 Å². The number of aryl methyl sites for hydroxylation is 1. The van der Waals surface area contributed by atoms with Gasteiger partial charge in [0, 0.05) is 11.6 Å². The van der Waals surface area contributed by atoms with E-state index in [2.05, 4.69) is 20.3 Å². The van der Waals surface area contributed by atoms with E-state index in [1.54, 1.807) is 4.52 Å². The molecule has 0 radical (unpaired) electrons. The van der Waals surface area contributed by atoms with Crippen LogP contribution < -0.4 is 5.73 Å². The highest BCUT2D eigenvalue weighted by Crippen LogP contribution is 2.29. The maximum absolute atomic E-state index is 6.28. The van der Waals surface area contributed by atoms with Crippen LogP contribution in [-0.4, -0.2) is 14.6 Å². The Morgan fingerprint density at radius 2 is 1.60 bits per heavy atom. The molecule has 0 amide bonds. The molecule has 0 atom stereocenters. The van der Waals surface area contributed by atoms with E-state index >= 15 is 0 Å². The summed E-state index contributed by atoms with van der Waals surface area (Å²) < 4.78 is 1.61. The lowest BCUT2D eigenvalue weighted by Crippen LogP contribution is -2.02. The summed E-state index contributed by atoms with van der Waals surface area (Å²) in [5.74, 6) is 0.421. The Kier molecular flexibility index (Phi) is 3.70. The highest BCUT2D eigenvalue weighted by molar-refractivity contribution is 5.70. The second kappa shape index (κ2) is 6.16. The lowest BCUT2D eigenvalue weighted by Gasteiger charge is -2.05. The number of anilines is 1. The zero-order chi connectivity index (χ0) is 17.2. The minimum absolute atomic E-state index is 0.421. The standard InChI is InChI=1S/C19H16N6/c1-13-18(23-22-15-10-6-3-7-11-15)19(20)25-17(21-13)12-16(24-25)14-8-4-2-5-9-14/h2-12H,20H2,1H3. The molecule has 4 aromatic rings. The monoisotopic (exact) mass is 328 g/mol. The predicted molar refractivity (Wildman–Crippen MR) is 98.2 cm³/mol. The van der Waals surface area contributed by atoms with Gasteiger partial charge in [-0.2, -0.15) is 14.7 Å². The molecule has 0 spiro atoms. The Morgan fingerprint density at radius 1 is 0.920 bits per heavy atom. The first kappa shape index (κ1) is 15.0. The van der Waals surface area contributed by atoms with Crippen molar-refractivity contribution in [3.8, 4) is 11.3 Å². The van der Waals surface area contributed by atoms with Gasteiger partial charge in [-0.05, 0) is 19.1 Å². The highest BCUT2D eigenvalue weighted by Gasteiger charge is 2.13. The van der Waals surface area contributed by atoms with Crippen molar-refractivity contribution in [3.63, 3.8) is 0 Å². The first-order valence-electron chi connectivity index (χ1n) is 7.90. The van der Waals surface area contributed by atoms with Gasteiger partial charge in [-0.3, -0.25) is 0 Å². The molecular weight excluding hydrogens is 312 g/mol. The lowest BCUT2D eigenvalue weighted by atomic mass is 10.2. The summed E-state index contributed by atoms with van der Waals surface area (Å²) in [4.78, 5) is 4.56. The molecule has 4 rings (SSSR count). The van der Waals surface area contributed by atoms with E-state index in [0.717, 1.165) is 16.9 Å². The molecule has 0 saturated carbocycles. The normalized spacial score (nSPS) is 11.4. The van der Waals surface area contributed by atoms with Gasteiger partial charge in [0.15, 0.2) is 11.5 Å². The lowest BCUT2D eigenvalue weighted by molar-refractivity contribution is 0.940. The van der Waals surface area contributed by atoms with Gasteiger partial charge in [0.25, 0.3) is 0 Å². The van der Waals surface area contributed by atoms with Crippen LogP contribution in [0.2, 0.25) is 0 Å². The smallest absolute Gasteiger partial charge is 0.158 e. The summed E-state index contributed by atoms with van der Waals surface area (Å²) in [5, 5.41) is 13.1. The van der Waals surface area contributed by atoms with E-state index in [1.165, 1.54) is 0 Å². The second-order valence-electron chi connectivity index (χ2n) is 5.63. The number of azo groups is 1. The Hall–Kier alpha value is -3.54. The summed E-state index contributed by atoms with van der Waals surface area (Å²) in [5.41, 5.74) is 10.8. The molecule has 2 aromatic heterocycles. The first-order valence-corrected chi connectivity index (χ1v) is 7.90. The summed E-state index contributed by atoms with van der Waals surface area (Å²) in [6.45, 7) is 1.87. The molecule has 6 nitrogen and oxygen atoms in total. The van der Waals surface area contributed by atoms with E-state index < -0.39 is 0 Å². The van der Waals surface area contributed by atoms with Crippen LogP contribution in [0.3, 0.4) is 0 Å². The summed E-state index contributed by atoms with van der Waals surface area (Å²) in [7, 11) is 0. The number of nitrogens with zero attached hydrogens (tertiary/aromatic N) is 5. The number of hydrogen-bond donors (Lipinski definition) is 1. The molecule has 0 aliphatic carbocycles. The Labute approximate surface area is 144 Å². The van der Waals surface area contributed by atoms with E-state index in [9.17, 15) is 0 Å². The molecule has 122 valence electrons. The fourth-order valence-electron chi connectivity index (χ4n) is 2.61. The van der Waals surface area contributed by atoms with Gasteiger partial charge in [-0.15, -0.1) is 5.11 Å². The van der Waals surface area contributed by atoms with Crippen LogP contribution in [0.4, 0.5) is 17.2 Å². The molecule has 2 heterocycles. The predicted octanol–water partition coefficient (Wildman–Crippen LogP) is 4.70. The third-order valence-corrected chi connectivity index (χ3v) is 3.88. The van der Waals surface area contributed by atoms with E-state index in [1.807, 2.05) is 73.7 Å². The van der Waals surface area contributed by atoms with Crippen molar-refractivity contribution < 1.29 is 0 Å². The number of fused-ring (bicyclic) bond motifs is 1. The van der Waals surface area contributed by atoms with Crippen molar-refractivity contribution in [2.24, 2.45) is 10.2 Å². The maximum atomic E-state index is 6.28. The fourth-order valence-corrected chi connectivity index (χ4v) is 2.61. The molecular formula is C19H16N6. The average Bonchev–Trinajstić information content (AvgIpc) is 3.07. The molecule has 2 N–H and O–H groups in total. The van der Waals surface area contributed by atoms with Crippen LogP contribution in [0, 0.1) is 6.92 Å². The Morgan fingerprint density at radius 3 is 2.32 bits per heavy atom. The average molecular weight is 328 g/mol. The van der Waals surface area contributed by atoms with Gasteiger partial charge in [-0.1, -0.05) is 48.5 Å². The van der Waals surface area contributed by atoms with Gasteiger partial charge in [0.05, 0.1) is 17.1 Å². The quantitative estimate of drug-likeness (QED) is 0.553. The fraction of sp³-hybridized carbons (Fsp3) is 0.0526. The molecule has 25 heavy (non-hydrogen) atoms. The number of aromatic nitrogens is 3. The van der Waals surface area contributed by atoms with E-state index in [0.29, 0.717) is 22.8 Å². The van der Waals surface area contributed by atoms with Crippen LogP contribution in [-0.2, 0) is 0 Å². The van der Waals surface area contributed by atoms with Crippen molar-refractivity contribution in [1.29, 1.82) is 0 Å². The van der Waals surface area contributed by atoms with Gasteiger partial charge in [-0.25, -0.2) is 4.98 Å². The Bertz CT molecular complexity index is 1050. The topological polar surface area (TPSA) is 80.9 Å². The van der Waals surface area contributed by atoms with Gasteiger partial charge in [0.1, 0.15) is 5.69 Å². The van der Waals surface area contributed by atoms with Crippen molar-refractivity contribution in [2.45, 2.75) is 6.92 Å². The molecule has 0 aliphatic heterocycles. The number of benzene rings is 2. The van der Waals surface area contributed by atoms with Gasteiger partial charge >= 0.3 is 0 Å². The zero-order valence-corrected chi connectivity index (χ0v) is 13.7. The Balaban J connectivity index is 1.80. The molecule has 0 unspecified atom stereocenters. The van der Waals surface area contributed by atoms with Crippen LogP contribution in [0.15, 0.2) is 77.0 Å². The summed E-state index contributed by atoms with van der Waals surface area (Å²) in [6.07, 6.45) is 0. The highest BCUT2D eigenvalue weighted by atomic mass is 15.3. The second-order valence-corrected chi connectivity index (χ2v) is 5.63. The van der Waals surface area contributed by atoms with Crippen molar-refractivity contribution in [2.75, 3.05) is 5.73 Å². The molecule has 2 aromatic carbocycles. The molecule has 0 fully saturated rings. The largest absolute Gasteiger partial charge is 0.382 e. The first-order chi connectivity index (χ1) is 12.2. The number of nitrogen functional groups attached to an aromatic ring is 1. The minimum Gasteiger partial charge on any atom is -0.382 e. The summed E-state index contributed by atoms with van der Waals surface area (Å²) >= 11 is 0. The van der Waals surface area contributed by atoms with Crippen molar-refractivity contribution in [3.05, 3.63) is 72.4 Å². The number of hydrogen-bond acceptors (Lipinski definition) is 5. The third-order valence-electron chi connectivity index (χ3n) is 3.88. The SMILES string of the molecule is Cc1nc2cc(-c3ccccc3)nn2c(N)c1N=Nc1ccccc1. The van der Waals surface area contributed by atoms with Crippen LogP contribution in [0.5, 0.6) is 0 Å². The minimum atomic E-state index is 0.421. The number of rotatable bonds is 3. The molecule has 0 bridgehead atoms. The summed E-state index contributed by atoms with van der Waals surface area (Å²) in [6, 6.07) is 21.3. The number of nitrogens with two attached hydrogens (primary N) is 1. The van der Waals surface area contributed by atoms with Crippen LogP contribution in [0.1, 0.15) is 5.69 Å². The van der Waals surface area contributed by atoms with Crippen LogP contribution in [0.25, 0.3) is 16.9 Å². The third kappa shape index (κ3) is 2.85. The molecule has 6 heteroatoms. The van der Waals surface area contributed by atoms with E-state index in [-0.39, 0.29) is 0 Å².